The van der Waals surface area contributed by atoms with Gasteiger partial charge >= 0.3 is 0 Å². The number of aromatic nitrogens is 1. The highest BCUT2D eigenvalue weighted by atomic mass is 32.2. The summed E-state index contributed by atoms with van der Waals surface area (Å²) >= 11 is 0. The molecule has 104 valence electrons. The van der Waals surface area contributed by atoms with Crippen LogP contribution in [0.2, 0.25) is 0 Å². The van der Waals surface area contributed by atoms with Gasteiger partial charge in [-0.15, -0.1) is 0 Å². The van der Waals surface area contributed by atoms with Gasteiger partial charge in [0.2, 0.25) is 0 Å². The maximum absolute atomic E-state index is 11.8. The van der Waals surface area contributed by atoms with Crippen LogP contribution in [0.1, 0.15) is 23.3 Å². The molecule has 19 heavy (non-hydrogen) atoms. The fourth-order valence-corrected chi connectivity index (χ4v) is 3.34. The summed E-state index contributed by atoms with van der Waals surface area (Å²) in [5.74, 6) is 1.41. The average Bonchev–Trinajstić information content (AvgIpc) is 2.41. The van der Waals surface area contributed by atoms with Gasteiger partial charge in [-0.25, -0.2) is 0 Å². The van der Waals surface area contributed by atoms with Crippen LogP contribution in [-0.2, 0) is 10.8 Å². The van der Waals surface area contributed by atoms with Crippen LogP contribution in [0, 0.1) is 0 Å². The van der Waals surface area contributed by atoms with E-state index in [0.29, 0.717) is 11.7 Å². The number of hydrogen-bond donors (Lipinski definition) is 1. The van der Waals surface area contributed by atoms with Crippen molar-refractivity contribution in [3.63, 3.8) is 0 Å². The van der Waals surface area contributed by atoms with Crippen molar-refractivity contribution in [2.45, 2.75) is 18.9 Å². The molecule has 2 heterocycles. The first-order valence-electron chi connectivity index (χ1n) is 6.35. The van der Waals surface area contributed by atoms with E-state index < -0.39 is 10.8 Å². The summed E-state index contributed by atoms with van der Waals surface area (Å²) in [6.07, 6.45) is 3.46. The minimum atomic E-state index is -0.650. The van der Waals surface area contributed by atoms with Gasteiger partial charge in [0, 0.05) is 54.3 Å². The Balaban J connectivity index is 2.03. The van der Waals surface area contributed by atoms with Gasteiger partial charge in [0.15, 0.2) is 0 Å². The van der Waals surface area contributed by atoms with Crippen molar-refractivity contribution >= 4 is 22.4 Å². The molecular formula is C13H19N3O2S. The number of carbonyl (C=O) groups is 1. The molecule has 1 amide bonds. The second-order valence-corrected chi connectivity index (χ2v) is 6.59. The van der Waals surface area contributed by atoms with Crippen LogP contribution in [0.5, 0.6) is 0 Å². The molecule has 1 saturated heterocycles. The molecule has 2 rings (SSSR count). The smallest absolute Gasteiger partial charge is 0.272 e. The molecule has 6 heteroatoms. The van der Waals surface area contributed by atoms with E-state index in [-0.39, 0.29) is 5.91 Å². The molecule has 0 unspecified atom stereocenters. The number of amides is 1. The molecule has 1 fully saturated rings. The van der Waals surface area contributed by atoms with E-state index in [4.69, 9.17) is 0 Å². The Morgan fingerprint density at radius 3 is 2.74 bits per heavy atom. The Hall–Kier alpha value is -1.43. The first-order valence-corrected chi connectivity index (χ1v) is 7.84. The van der Waals surface area contributed by atoms with Crippen molar-refractivity contribution in [2.75, 3.05) is 30.9 Å². The predicted molar refractivity (Wildman–Crippen MR) is 76.8 cm³/mol. The van der Waals surface area contributed by atoms with Gasteiger partial charge in [0.1, 0.15) is 5.69 Å². The van der Waals surface area contributed by atoms with Gasteiger partial charge in [0.05, 0.1) is 0 Å². The minimum Gasteiger partial charge on any atom is -0.382 e. The molecule has 1 aromatic rings. The van der Waals surface area contributed by atoms with Gasteiger partial charge in [-0.1, -0.05) is 0 Å². The Labute approximate surface area is 115 Å². The standard InChI is InChI=1S/C13H19N3O2S/c1-16(2)13(17)12-9-11(3-6-14-12)15-10-4-7-19(18)8-5-10/h3,6,9-10H,4-5,7-8H2,1-2H3,(H,14,15). The van der Waals surface area contributed by atoms with Crippen molar-refractivity contribution in [1.82, 2.24) is 9.88 Å². The molecule has 1 N–H and O–H groups in total. The highest BCUT2D eigenvalue weighted by molar-refractivity contribution is 7.85. The second-order valence-electron chi connectivity index (χ2n) is 4.90. The van der Waals surface area contributed by atoms with E-state index in [1.54, 1.807) is 26.4 Å². The molecule has 1 aromatic heterocycles. The van der Waals surface area contributed by atoms with E-state index in [2.05, 4.69) is 10.3 Å². The van der Waals surface area contributed by atoms with Crippen LogP contribution in [0.15, 0.2) is 18.3 Å². The number of rotatable bonds is 3. The van der Waals surface area contributed by atoms with Crippen molar-refractivity contribution in [2.24, 2.45) is 0 Å². The summed E-state index contributed by atoms with van der Waals surface area (Å²) in [5, 5.41) is 3.39. The number of nitrogens with zero attached hydrogens (tertiary/aromatic N) is 2. The summed E-state index contributed by atoms with van der Waals surface area (Å²) < 4.78 is 11.3. The minimum absolute atomic E-state index is 0.103. The van der Waals surface area contributed by atoms with Gasteiger partial charge in [-0.2, -0.15) is 0 Å². The summed E-state index contributed by atoms with van der Waals surface area (Å²) in [4.78, 5) is 17.4. The Morgan fingerprint density at radius 2 is 2.11 bits per heavy atom. The zero-order valence-electron chi connectivity index (χ0n) is 11.3. The third-order valence-electron chi connectivity index (χ3n) is 3.14. The number of nitrogens with one attached hydrogen (secondary N) is 1. The summed E-state index contributed by atoms with van der Waals surface area (Å²) in [6.45, 7) is 0. The maximum Gasteiger partial charge on any atom is 0.272 e. The number of hydrogen-bond acceptors (Lipinski definition) is 4. The zero-order valence-corrected chi connectivity index (χ0v) is 12.1. The van der Waals surface area contributed by atoms with Crippen LogP contribution >= 0.6 is 0 Å². The summed E-state index contributed by atoms with van der Waals surface area (Å²) in [7, 11) is 2.77. The van der Waals surface area contributed by atoms with Crippen molar-refractivity contribution in [3.05, 3.63) is 24.0 Å². The van der Waals surface area contributed by atoms with E-state index >= 15 is 0 Å². The molecule has 0 radical (unpaired) electrons. The molecular weight excluding hydrogens is 262 g/mol. The molecule has 0 aliphatic carbocycles. The Morgan fingerprint density at radius 1 is 1.42 bits per heavy atom. The fourth-order valence-electron chi connectivity index (χ4n) is 2.04. The van der Waals surface area contributed by atoms with E-state index in [1.165, 1.54) is 4.90 Å². The predicted octanol–water partition coefficient (Wildman–Crippen LogP) is 1.11. The fraction of sp³-hybridized carbons (Fsp3) is 0.538. The molecule has 0 aromatic carbocycles. The molecule has 5 nitrogen and oxygen atoms in total. The Bertz CT molecular complexity index is 481. The summed E-state index contributed by atoms with van der Waals surface area (Å²) in [5.41, 5.74) is 1.34. The molecule has 0 spiro atoms. The second kappa shape index (κ2) is 6.14. The van der Waals surface area contributed by atoms with Gasteiger partial charge in [-0.3, -0.25) is 14.0 Å². The molecule has 1 aliphatic heterocycles. The van der Waals surface area contributed by atoms with E-state index in [9.17, 15) is 9.00 Å². The van der Waals surface area contributed by atoms with Crippen molar-refractivity contribution < 1.29 is 9.00 Å². The van der Waals surface area contributed by atoms with Gasteiger partial charge in [0.25, 0.3) is 5.91 Å². The van der Waals surface area contributed by atoms with Crippen LogP contribution in [0.3, 0.4) is 0 Å². The lowest BCUT2D eigenvalue weighted by Crippen LogP contribution is -2.29. The van der Waals surface area contributed by atoms with Gasteiger partial charge < -0.3 is 10.2 Å². The topological polar surface area (TPSA) is 62.3 Å². The third-order valence-corrected chi connectivity index (χ3v) is 4.53. The first-order chi connectivity index (χ1) is 9.06. The summed E-state index contributed by atoms with van der Waals surface area (Å²) in [6, 6.07) is 3.97. The van der Waals surface area contributed by atoms with Crippen molar-refractivity contribution in [1.29, 1.82) is 0 Å². The quantitative estimate of drug-likeness (QED) is 0.901. The molecule has 0 atom stereocenters. The lowest BCUT2D eigenvalue weighted by Gasteiger charge is -2.23. The zero-order chi connectivity index (χ0) is 13.8. The molecule has 1 aliphatic rings. The third kappa shape index (κ3) is 3.76. The largest absolute Gasteiger partial charge is 0.382 e. The lowest BCUT2D eigenvalue weighted by molar-refractivity contribution is 0.0822. The van der Waals surface area contributed by atoms with Crippen molar-refractivity contribution in [3.8, 4) is 0 Å². The van der Waals surface area contributed by atoms with Crippen LogP contribution in [-0.4, -0.2) is 51.6 Å². The monoisotopic (exact) mass is 281 g/mol. The first kappa shape index (κ1) is 14.0. The van der Waals surface area contributed by atoms with Crippen LogP contribution < -0.4 is 5.32 Å². The molecule has 0 saturated carbocycles. The number of pyridine rings is 1. The number of carbonyl (C=O) groups excluding carboxylic acids is 1. The maximum atomic E-state index is 11.8. The highest BCUT2D eigenvalue weighted by Gasteiger charge is 2.18. The Kier molecular flexibility index (Phi) is 4.52. The van der Waals surface area contributed by atoms with Gasteiger partial charge in [-0.05, 0) is 25.0 Å². The SMILES string of the molecule is CN(C)C(=O)c1cc(NC2CCS(=O)CC2)ccn1. The van der Waals surface area contributed by atoms with E-state index in [0.717, 1.165) is 30.0 Å². The van der Waals surface area contributed by atoms with E-state index in [1.807, 2.05) is 6.07 Å². The van der Waals surface area contributed by atoms with Crippen LogP contribution in [0.4, 0.5) is 5.69 Å². The normalized spacial score (nSPS) is 22.8. The average molecular weight is 281 g/mol. The molecule has 0 bridgehead atoms. The van der Waals surface area contributed by atoms with Crippen LogP contribution in [0.25, 0.3) is 0 Å². The highest BCUT2D eigenvalue weighted by Crippen LogP contribution is 2.17. The number of anilines is 1. The lowest BCUT2D eigenvalue weighted by atomic mass is 10.1.